The van der Waals surface area contributed by atoms with Crippen molar-refractivity contribution in [1.82, 2.24) is 0 Å². The third kappa shape index (κ3) is 9.42. The molecular formula is CeLaMgNb. The average molecular weight is 396 g/mol. The summed E-state index contributed by atoms with van der Waals surface area (Å²) in [5.74, 6) is 0. The van der Waals surface area contributed by atoms with Gasteiger partial charge in [0.25, 0.3) is 0 Å². The Morgan fingerprint density at radius 1 is 1.00 bits per heavy atom. The molecule has 0 bridgehead atoms. The fourth-order valence-electron chi connectivity index (χ4n) is 0. The van der Waals surface area contributed by atoms with Gasteiger partial charge in [-0.2, -0.15) is 0 Å². The van der Waals surface area contributed by atoms with Crippen LogP contribution in [0.1, 0.15) is 0 Å². The van der Waals surface area contributed by atoms with Crippen LogP contribution in [0.3, 0.4) is 0 Å². The first-order valence-electron chi connectivity index (χ1n) is 0. The standard InChI is InChI=1S/Ce.La.Mg.Nb. The summed E-state index contributed by atoms with van der Waals surface area (Å²) in [6.07, 6.45) is 0. The van der Waals surface area contributed by atoms with Crippen molar-refractivity contribution in [3.63, 3.8) is 0 Å². The average Bonchev–Trinajstić information content (AvgIpc) is 0. The van der Waals surface area contributed by atoms with Crippen LogP contribution in [0.5, 0.6) is 0 Å². The second-order valence-electron chi connectivity index (χ2n) is 0. The van der Waals surface area contributed by atoms with Gasteiger partial charge in [-0.3, -0.25) is 0 Å². The molecule has 4 heteroatoms. The minimum atomic E-state index is 0. The molecule has 0 amide bonds. The summed E-state index contributed by atoms with van der Waals surface area (Å²) in [6.45, 7) is 0. The Hall–Kier alpha value is 4.08. The monoisotopic (exact) mass is 396 g/mol. The molecule has 0 fully saturated rings. The first-order chi connectivity index (χ1) is 0. The molecular weight excluding hydrogens is 396 g/mol. The minimum Gasteiger partial charge on any atom is 0 e. The van der Waals surface area contributed by atoms with Crippen molar-refractivity contribution in [1.29, 1.82) is 0 Å². The smallest absolute Gasteiger partial charge is 0 e. The molecule has 0 rings (SSSR count). The van der Waals surface area contributed by atoms with E-state index in [1.54, 1.807) is 0 Å². The molecule has 0 aromatic rings. The van der Waals surface area contributed by atoms with E-state index in [2.05, 4.69) is 0 Å². The van der Waals surface area contributed by atoms with Crippen LogP contribution in [0, 0.1) is 77.3 Å². The summed E-state index contributed by atoms with van der Waals surface area (Å²) in [7, 11) is 0. The predicted octanol–water partition coefficient (Wildman–Crippen LogP) is -0.383. The van der Waals surface area contributed by atoms with Crippen molar-refractivity contribution in [2.75, 3.05) is 0 Å². The molecule has 0 aromatic heterocycles. The summed E-state index contributed by atoms with van der Waals surface area (Å²) in [4.78, 5) is 0. The molecule has 0 aromatic carbocycles. The Labute approximate surface area is 119 Å². The zero-order valence-corrected chi connectivity index (χ0v) is 12.6. The van der Waals surface area contributed by atoms with Gasteiger partial charge in [-0.05, 0) is 0 Å². The van der Waals surface area contributed by atoms with E-state index in [0.717, 1.165) is 0 Å². The van der Waals surface area contributed by atoms with Crippen molar-refractivity contribution in [2.24, 2.45) is 0 Å². The molecule has 0 saturated heterocycles. The normalized spacial score (nSPS) is 0. The molecule has 0 atom stereocenters. The molecule has 0 saturated carbocycles. The molecule has 0 nitrogen and oxygen atoms in total. The molecule has 0 aliphatic carbocycles. The van der Waals surface area contributed by atoms with Crippen LogP contribution in [0.15, 0.2) is 0 Å². The van der Waals surface area contributed by atoms with Gasteiger partial charge in [-0.15, -0.1) is 0 Å². The molecule has 14 valence electrons. The van der Waals surface area contributed by atoms with Crippen LogP contribution in [0.4, 0.5) is 0 Å². The van der Waals surface area contributed by atoms with Crippen LogP contribution in [-0.4, -0.2) is 23.1 Å². The maximum absolute atomic E-state index is 0. The van der Waals surface area contributed by atoms with E-state index in [-0.39, 0.29) is 123 Å². The van der Waals surface area contributed by atoms with E-state index in [0.29, 0.717) is 0 Å². The van der Waals surface area contributed by atoms with Gasteiger partial charge in [0.1, 0.15) is 0 Å². The molecule has 0 heterocycles. The SMILES string of the molecule is [Ce].[La].[Mg].[Nb]. The molecule has 4 radical (unpaired) electrons. The van der Waals surface area contributed by atoms with Gasteiger partial charge in [0.05, 0.1) is 0 Å². The van der Waals surface area contributed by atoms with Gasteiger partial charge >= 0.3 is 0 Å². The van der Waals surface area contributed by atoms with E-state index in [9.17, 15) is 0 Å². The van der Waals surface area contributed by atoms with Crippen LogP contribution >= 0.6 is 0 Å². The van der Waals surface area contributed by atoms with Crippen molar-refractivity contribution in [3.8, 4) is 0 Å². The van der Waals surface area contributed by atoms with E-state index in [4.69, 9.17) is 0 Å². The minimum absolute atomic E-state index is 0. The molecule has 0 N–H and O–H groups in total. The quantitative estimate of drug-likeness (QED) is 0.490. The Balaban J connectivity index is 0. The van der Waals surface area contributed by atoms with Crippen LogP contribution < -0.4 is 0 Å². The summed E-state index contributed by atoms with van der Waals surface area (Å²) in [5, 5.41) is 0. The zero-order valence-electron chi connectivity index (χ0n) is 2.23. The van der Waals surface area contributed by atoms with Gasteiger partial charge in [0, 0.05) is 123 Å². The Bertz CT molecular complexity index is 8.00. The summed E-state index contributed by atoms with van der Waals surface area (Å²) in [6, 6.07) is 0. The maximum atomic E-state index is 0. The Morgan fingerprint density at radius 3 is 1.00 bits per heavy atom. The Kier molecular flexibility index (Phi) is 95.7. The number of hydrogen-bond acceptors (Lipinski definition) is 0. The van der Waals surface area contributed by atoms with Crippen LogP contribution in [0.25, 0.3) is 0 Å². The third-order valence-corrected chi connectivity index (χ3v) is 0. The van der Waals surface area contributed by atoms with Gasteiger partial charge in [0.15, 0.2) is 0 Å². The Morgan fingerprint density at radius 2 is 1.00 bits per heavy atom. The second kappa shape index (κ2) is 15.7. The van der Waals surface area contributed by atoms with Gasteiger partial charge in [-0.1, -0.05) is 0 Å². The third-order valence-electron chi connectivity index (χ3n) is 0. The van der Waals surface area contributed by atoms with Crippen LogP contribution in [-0.2, 0) is 22.4 Å². The fourth-order valence-corrected chi connectivity index (χ4v) is 0. The van der Waals surface area contributed by atoms with Gasteiger partial charge in [0.2, 0.25) is 0 Å². The van der Waals surface area contributed by atoms with Crippen molar-refractivity contribution in [3.05, 3.63) is 0 Å². The summed E-state index contributed by atoms with van der Waals surface area (Å²) < 4.78 is 0. The first-order valence-corrected chi connectivity index (χ1v) is 0. The second-order valence-corrected chi connectivity index (χ2v) is 0. The summed E-state index contributed by atoms with van der Waals surface area (Å²) in [5.41, 5.74) is 0. The van der Waals surface area contributed by atoms with Gasteiger partial charge < -0.3 is 0 Å². The maximum Gasteiger partial charge on any atom is 0 e. The van der Waals surface area contributed by atoms with Crippen LogP contribution in [0.2, 0.25) is 0 Å². The predicted molar refractivity (Wildman–Crippen MR) is 5.75 cm³/mol. The first kappa shape index (κ1) is 24.3. The molecule has 0 spiro atoms. The van der Waals surface area contributed by atoms with Crippen molar-refractivity contribution < 1.29 is 99.7 Å². The molecule has 0 aliphatic heterocycles. The summed E-state index contributed by atoms with van der Waals surface area (Å²) >= 11 is 0. The van der Waals surface area contributed by atoms with Crippen molar-refractivity contribution >= 4 is 23.1 Å². The fraction of sp³-hybridized carbons (Fsp3) is 0. The van der Waals surface area contributed by atoms with Crippen molar-refractivity contribution in [2.45, 2.75) is 0 Å². The largest absolute Gasteiger partial charge is 0 e. The molecule has 0 aliphatic rings. The van der Waals surface area contributed by atoms with E-state index < -0.39 is 0 Å². The van der Waals surface area contributed by atoms with E-state index >= 15 is 0 Å². The van der Waals surface area contributed by atoms with E-state index in [1.165, 1.54) is 0 Å². The van der Waals surface area contributed by atoms with E-state index in [1.807, 2.05) is 0 Å². The van der Waals surface area contributed by atoms with Gasteiger partial charge in [-0.25, -0.2) is 0 Å². The number of rotatable bonds is 0. The molecule has 4 heavy (non-hydrogen) atoms. The number of hydrogen-bond donors (Lipinski definition) is 0. The zero-order chi connectivity index (χ0) is 0. The molecule has 0 unspecified atom stereocenters. The topological polar surface area (TPSA) is 0 Å².